The standard InChI is InChI=1S/C13H16N2O/c1-3-6-10(2)13(16)15-9-14-11-7-4-5-8-12(11)15/h4-5,7-10H,3,6H2,1-2H3. The number of rotatable bonds is 3. The van der Waals surface area contributed by atoms with Crippen molar-refractivity contribution < 1.29 is 4.79 Å². The Bertz CT molecular complexity index is 501. The molecule has 0 aliphatic rings. The lowest BCUT2D eigenvalue weighted by Crippen LogP contribution is -2.18. The zero-order chi connectivity index (χ0) is 11.5. The van der Waals surface area contributed by atoms with E-state index in [1.165, 1.54) is 0 Å². The molecular formula is C13H16N2O. The highest BCUT2D eigenvalue weighted by Crippen LogP contribution is 2.15. The monoisotopic (exact) mass is 216 g/mol. The van der Waals surface area contributed by atoms with Gasteiger partial charge in [-0.15, -0.1) is 0 Å². The van der Waals surface area contributed by atoms with Crippen molar-refractivity contribution in [3.05, 3.63) is 30.6 Å². The average molecular weight is 216 g/mol. The van der Waals surface area contributed by atoms with Crippen LogP contribution in [0.3, 0.4) is 0 Å². The van der Waals surface area contributed by atoms with Crippen LogP contribution < -0.4 is 0 Å². The number of nitrogens with zero attached hydrogens (tertiary/aromatic N) is 2. The third kappa shape index (κ3) is 1.85. The largest absolute Gasteiger partial charge is 0.274 e. The fourth-order valence-electron chi connectivity index (χ4n) is 1.93. The zero-order valence-electron chi connectivity index (χ0n) is 9.68. The van der Waals surface area contributed by atoms with Gasteiger partial charge in [0.2, 0.25) is 5.91 Å². The van der Waals surface area contributed by atoms with E-state index in [9.17, 15) is 4.79 Å². The summed E-state index contributed by atoms with van der Waals surface area (Å²) in [6.07, 6.45) is 3.57. The van der Waals surface area contributed by atoms with Crippen LogP contribution in [0.1, 0.15) is 31.5 Å². The summed E-state index contributed by atoms with van der Waals surface area (Å²) < 4.78 is 1.66. The quantitative estimate of drug-likeness (QED) is 0.790. The summed E-state index contributed by atoms with van der Waals surface area (Å²) in [6, 6.07) is 7.71. The summed E-state index contributed by atoms with van der Waals surface area (Å²) in [5.74, 6) is 0.193. The predicted octanol–water partition coefficient (Wildman–Crippen LogP) is 3.11. The average Bonchev–Trinajstić information content (AvgIpc) is 2.72. The van der Waals surface area contributed by atoms with Crippen LogP contribution >= 0.6 is 0 Å². The first-order valence-corrected chi connectivity index (χ1v) is 5.70. The van der Waals surface area contributed by atoms with Crippen LogP contribution in [-0.4, -0.2) is 15.5 Å². The number of fused-ring (bicyclic) bond motifs is 1. The third-order valence-corrected chi connectivity index (χ3v) is 2.83. The van der Waals surface area contributed by atoms with Gasteiger partial charge in [-0.1, -0.05) is 32.4 Å². The maximum absolute atomic E-state index is 12.1. The summed E-state index contributed by atoms with van der Waals surface area (Å²) in [4.78, 5) is 16.4. The molecule has 0 bridgehead atoms. The molecule has 0 aliphatic carbocycles. The minimum absolute atomic E-state index is 0.0580. The van der Waals surface area contributed by atoms with Crippen LogP contribution in [0.5, 0.6) is 0 Å². The first-order chi connectivity index (χ1) is 7.74. The SMILES string of the molecule is CCCC(C)C(=O)n1cnc2ccccc21. The van der Waals surface area contributed by atoms with Gasteiger partial charge in [-0.3, -0.25) is 9.36 Å². The minimum atomic E-state index is 0.0580. The van der Waals surface area contributed by atoms with Gasteiger partial charge in [-0.25, -0.2) is 4.98 Å². The highest BCUT2D eigenvalue weighted by atomic mass is 16.2. The topological polar surface area (TPSA) is 34.9 Å². The van der Waals surface area contributed by atoms with E-state index in [0.717, 1.165) is 23.9 Å². The van der Waals surface area contributed by atoms with Crippen molar-refractivity contribution in [1.82, 2.24) is 9.55 Å². The molecule has 3 nitrogen and oxygen atoms in total. The van der Waals surface area contributed by atoms with E-state index in [4.69, 9.17) is 0 Å². The molecule has 16 heavy (non-hydrogen) atoms. The van der Waals surface area contributed by atoms with Gasteiger partial charge in [0, 0.05) is 5.92 Å². The van der Waals surface area contributed by atoms with Crippen LogP contribution in [0.4, 0.5) is 0 Å². The van der Waals surface area contributed by atoms with E-state index in [2.05, 4.69) is 11.9 Å². The van der Waals surface area contributed by atoms with Crippen LogP contribution in [0, 0.1) is 5.92 Å². The van der Waals surface area contributed by atoms with Gasteiger partial charge in [-0.2, -0.15) is 0 Å². The summed E-state index contributed by atoms with van der Waals surface area (Å²) in [7, 11) is 0. The fraction of sp³-hybridized carbons (Fsp3) is 0.385. The van der Waals surface area contributed by atoms with Crippen molar-refractivity contribution in [3.8, 4) is 0 Å². The lowest BCUT2D eigenvalue weighted by atomic mass is 10.1. The van der Waals surface area contributed by atoms with Gasteiger partial charge in [0.15, 0.2) is 0 Å². The number of imidazole rings is 1. The number of hydrogen-bond acceptors (Lipinski definition) is 2. The Hall–Kier alpha value is -1.64. The Kier molecular flexibility index (Phi) is 3.04. The maximum Gasteiger partial charge on any atom is 0.235 e. The first-order valence-electron chi connectivity index (χ1n) is 5.70. The smallest absolute Gasteiger partial charge is 0.235 e. The van der Waals surface area contributed by atoms with E-state index >= 15 is 0 Å². The molecule has 3 heteroatoms. The van der Waals surface area contributed by atoms with Crippen LogP contribution in [0.25, 0.3) is 11.0 Å². The Morgan fingerprint density at radius 3 is 2.94 bits per heavy atom. The van der Waals surface area contributed by atoms with Crippen LogP contribution in [0.2, 0.25) is 0 Å². The number of hydrogen-bond donors (Lipinski definition) is 0. The van der Waals surface area contributed by atoms with Gasteiger partial charge in [0.25, 0.3) is 0 Å². The number of carbonyl (C=O) groups is 1. The Labute approximate surface area is 95.1 Å². The molecule has 2 rings (SSSR count). The van der Waals surface area contributed by atoms with E-state index in [1.54, 1.807) is 10.9 Å². The Morgan fingerprint density at radius 2 is 2.19 bits per heavy atom. The Balaban J connectivity index is 2.36. The number of para-hydroxylation sites is 2. The first kappa shape index (κ1) is 10.9. The van der Waals surface area contributed by atoms with Crippen molar-refractivity contribution in [2.45, 2.75) is 26.7 Å². The summed E-state index contributed by atoms with van der Waals surface area (Å²) in [5.41, 5.74) is 1.77. The van der Waals surface area contributed by atoms with Crippen molar-refractivity contribution in [2.24, 2.45) is 5.92 Å². The third-order valence-electron chi connectivity index (χ3n) is 2.83. The summed E-state index contributed by atoms with van der Waals surface area (Å²) in [5, 5.41) is 0. The van der Waals surface area contributed by atoms with Gasteiger partial charge < -0.3 is 0 Å². The van der Waals surface area contributed by atoms with Gasteiger partial charge in [0.05, 0.1) is 11.0 Å². The minimum Gasteiger partial charge on any atom is -0.274 e. The molecule has 0 saturated heterocycles. The second-order valence-electron chi connectivity index (χ2n) is 4.13. The van der Waals surface area contributed by atoms with E-state index < -0.39 is 0 Å². The highest BCUT2D eigenvalue weighted by molar-refractivity contribution is 5.91. The maximum atomic E-state index is 12.1. The molecule has 0 amide bonds. The molecular weight excluding hydrogens is 200 g/mol. The molecule has 0 N–H and O–H groups in total. The van der Waals surface area contributed by atoms with Gasteiger partial charge in [0.1, 0.15) is 6.33 Å². The van der Waals surface area contributed by atoms with Crippen molar-refractivity contribution in [3.63, 3.8) is 0 Å². The molecule has 1 aromatic carbocycles. The van der Waals surface area contributed by atoms with Gasteiger partial charge in [-0.05, 0) is 18.6 Å². The summed E-state index contributed by atoms with van der Waals surface area (Å²) >= 11 is 0. The predicted molar refractivity (Wildman–Crippen MR) is 64.4 cm³/mol. The lowest BCUT2D eigenvalue weighted by molar-refractivity contribution is 0.0843. The second kappa shape index (κ2) is 4.47. The molecule has 1 unspecified atom stereocenters. The molecule has 1 heterocycles. The highest BCUT2D eigenvalue weighted by Gasteiger charge is 2.16. The molecule has 0 radical (unpaired) electrons. The fourth-order valence-corrected chi connectivity index (χ4v) is 1.93. The van der Waals surface area contributed by atoms with Gasteiger partial charge >= 0.3 is 0 Å². The van der Waals surface area contributed by atoms with E-state index in [-0.39, 0.29) is 11.8 Å². The second-order valence-corrected chi connectivity index (χ2v) is 4.13. The van der Waals surface area contributed by atoms with Crippen molar-refractivity contribution in [2.75, 3.05) is 0 Å². The van der Waals surface area contributed by atoms with Crippen molar-refractivity contribution >= 4 is 16.9 Å². The number of benzene rings is 1. The molecule has 0 spiro atoms. The van der Waals surface area contributed by atoms with E-state index in [0.29, 0.717) is 0 Å². The lowest BCUT2D eigenvalue weighted by Gasteiger charge is -2.09. The Morgan fingerprint density at radius 1 is 1.44 bits per heavy atom. The molecule has 0 saturated carbocycles. The number of aromatic nitrogens is 2. The molecule has 0 fully saturated rings. The molecule has 84 valence electrons. The molecule has 2 aromatic rings. The zero-order valence-corrected chi connectivity index (χ0v) is 9.68. The number of carbonyl (C=O) groups excluding carboxylic acids is 1. The molecule has 1 aromatic heterocycles. The summed E-state index contributed by atoms with van der Waals surface area (Å²) in [6.45, 7) is 4.07. The van der Waals surface area contributed by atoms with Crippen LogP contribution in [-0.2, 0) is 0 Å². The molecule has 0 aliphatic heterocycles. The van der Waals surface area contributed by atoms with Crippen molar-refractivity contribution in [1.29, 1.82) is 0 Å². The van der Waals surface area contributed by atoms with E-state index in [1.807, 2.05) is 31.2 Å². The molecule has 1 atom stereocenters. The van der Waals surface area contributed by atoms with Crippen LogP contribution in [0.15, 0.2) is 30.6 Å². The normalized spacial score (nSPS) is 12.9.